The van der Waals surface area contributed by atoms with Crippen LogP contribution >= 0.6 is 0 Å². The van der Waals surface area contributed by atoms with E-state index in [2.05, 4.69) is 9.97 Å². The Kier molecular flexibility index (Phi) is 5.40. The molecule has 2 N–H and O–H groups in total. The van der Waals surface area contributed by atoms with Crippen LogP contribution in [0, 0.1) is 20.8 Å². The van der Waals surface area contributed by atoms with Crippen molar-refractivity contribution in [1.29, 1.82) is 0 Å². The van der Waals surface area contributed by atoms with Gasteiger partial charge in [-0.25, -0.2) is 4.98 Å². The molecule has 0 saturated carbocycles. The Morgan fingerprint density at radius 1 is 1.00 bits per heavy atom. The van der Waals surface area contributed by atoms with Crippen LogP contribution in [-0.4, -0.2) is 33.9 Å². The molecule has 5 rings (SSSR count). The van der Waals surface area contributed by atoms with Crippen LogP contribution in [0.15, 0.2) is 66.2 Å². The molecule has 4 aromatic rings. The first kappa shape index (κ1) is 22.4. The van der Waals surface area contributed by atoms with Gasteiger partial charge in [0, 0.05) is 5.56 Å². The van der Waals surface area contributed by atoms with Gasteiger partial charge in [-0.3, -0.25) is 14.5 Å². The fourth-order valence-corrected chi connectivity index (χ4v) is 4.64. The van der Waals surface area contributed by atoms with Crippen molar-refractivity contribution in [3.8, 4) is 5.75 Å². The molecule has 0 aliphatic carbocycles. The van der Waals surface area contributed by atoms with Gasteiger partial charge in [0.2, 0.25) is 5.95 Å². The number of hydrogen-bond donors (Lipinski definition) is 2. The Labute approximate surface area is 202 Å². The minimum absolute atomic E-state index is 0.0190. The highest BCUT2D eigenvalue weighted by atomic mass is 16.5. The van der Waals surface area contributed by atoms with Crippen LogP contribution < -0.4 is 9.64 Å². The minimum Gasteiger partial charge on any atom is -0.507 e. The maximum absolute atomic E-state index is 13.4. The zero-order valence-corrected chi connectivity index (χ0v) is 19.9. The molecule has 7 heteroatoms. The third-order valence-electron chi connectivity index (χ3n) is 6.41. The molecular weight excluding hydrogens is 442 g/mol. The largest absolute Gasteiger partial charge is 0.507 e. The van der Waals surface area contributed by atoms with E-state index >= 15 is 0 Å². The Balaban J connectivity index is 1.74. The number of amides is 1. The number of nitrogens with zero attached hydrogens (tertiary/aromatic N) is 2. The first-order valence-corrected chi connectivity index (χ1v) is 11.3. The Bertz CT molecular complexity index is 1520. The smallest absolute Gasteiger partial charge is 0.302 e. The van der Waals surface area contributed by atoms with Crippen molar-refractivity contribution in [3.05, 3.63) is 94.1 Å². The van der Waals surface area contributed by atoms with E-state index < -0.39 is 17.7 Å². The first-order valence-electron chi connectivity index (χ1n) is 11.3. The van der Waals surface area contributed by atoms with Crippen molar-refractivity contribution in [1.82, 2.24) is 9.97 Å². The van der Waals surface area contributed by atoms with Crippen LogP contribution in [0.4, 0.5) is 5.95 Å². The zero-order chi connectivity index (χ0) is 24.9. The molecular formula is C28H25N3O4. The van der Waals surface area contributed by atoms with Crippen LogP contribution in [0.1, 0.15) is 33.9 Å². The Morgan fingerprint density at radius 3 is 2.46 bits per heavy atom. The number of aromatic amines is 1. The number of rotatable bonds is 4. The summed E-state index contributed by atoms with van der Waals surface area (Å²) in [6.07, 6.45) is 0. The van der Waals surface area contributed by atoms with Crippen LogP contribution in [0.2, 0.25) is 0 Å². The van der Waals surface area contributed by atoms with Crippen molar-refractivity contribution in [2.45, 2.75) is 26.8 Å². The lowest BCUT2D eigenvalue weighted by Crippen LogP contribution is -2.30. The third kappa shape index (κ3) is 3.65. The van der Waals surface area contributed by atoms with Gasteiger partial charge in [-0.15, -0.1) is 0 Å². The van der Waals surface area contributed by atoms with E-state index in [0.29, 0.717) is 22.4 Å². The van der Waals surface area contributed by atoms with Crippen molar-refractivity contribution in [2.75, 3.05) is 12.0 Å². The van der Waals surface area contributed by atoms with E-state index in [1.54, 1.807) is 19.2 Å². The number of aryl methyl sites for hydroxylation is 3. The van der Waals surface area contributed by atoms with Crippen LogP contribution in [-0.2, 0) is 9.59 Å². The van der Waals surface area contributed by atoms with Crippen molar-refractivity contribution in [2.24, 2.45) is 0 Å². The highest BCUT2D eigenvalue weighted by Gasteiger charge is 2.48. The summed E-state index contributed by atoms with van der Waals surface area (Å²) in [5.74, 6) is -0.810. The number of Topliss-reactive ketones (excluding diaryl/α,β-unsaturated/α-hetero) is 1. The van der Waals surface area contributed by atoms with E-state index in [1.165, 1.54) is 4.90 Å². The first-order chi connectivity index (χ1) is 16.8. The molecule has 1 unspecified atom stereocenters. The van der Waals surface area contributed by atoms with E-state index in [4.69, 9.17) is 4.74 Å². The quantitative estimate of drug-likeness (QED) is 0.247. The lowest BCUT2D eigenvalue weighted by molar-refractivity contribution is -0.132. The average Bonchev–Trinajstić information content (AvgIpc) is 3.38. The number of ketones is 1. The number of aliphatic hydroxyl groups excluding tert-OH is 1. The standard InChI is InChI=1S/C28H25N3O4/c1-15-10-11-20-21(12-15)30-28(29-20)31-24(18-8-6-5-7-9-18)23(26(33)27(31)34)25(32)19-13-17(3)22(35-4)14-16(19)2/h5-14,24,32H,1-4H3,(H,29,30)/b25-23+. The summed E-state index contributed by atoms with van der Waals surface area (Å²) in [4.78, 5) is 35.9. The second-order valence-corrected chi connectivity index (χ2v) is 8.80. The minimum atomic E-state index is -0.848. The topological polar surface area (TPSA) is 95.5 Å². The summed E-state index contributed by atoms with van der Waals surface area (Å²) in [7, 11) is 1.58. The number of carbonyl (C=O) groups excluding carboxylic acids is 2. The summed E-state index contributed by atoms with van der Waals surface area (Å²) in [6, 6.07) is 17.6. The number of hydrogen-bond acceptors (Lipinski definition) is 5. The molecule has 3 aromatic carbocycles. The molecule has 1 atom stereocenters. The number of ether oxygens (including phenoxy) is 1. The Morgan fingerprint density at radius 2 is 1.74 bits per heavy atom. The van der Waals surface area contributed by atoms with Gasteiger partial charge >= 0.3 is 5.91 Å². The van der Waals surface area contributed by atoms with Gasteiger partial charge in [-0.2, -0.15) is 0 Å². The number of anilines is 1. The van der Waals surface area contributed by atoms with E-state index in [9.17, 15) is 14.7 Å². The zero-order valence-electron chi connectivity index (χ0n) is 19.9. The van der Waals surface area contributed by atoms with E-state index in [0.717, 1.165) is 22.2 Å². The Hall–Kier alpha value is -4.39. The number of benzene rings is 3. The van der Waals surface area contributed by atoms with Crippen molar-refractivity contribution >= 4 is 34.4 Å². The molecule has 0 bridgehead atoms. The molecule has 2 heterocycles. The molecule has 0 radical (unpaired) electrons. The molecule has 35 heavy (non-hydrogen) atoms. The highest BCUT2D eigenvalue weighted by Crippen LogP contribution is 2.42. The number of H-pyrrole nitrogens is 1. The second kappa shape index (κ2) is 8.43. The predicted octanol–water partition coefficient (Wildman–Crippen LogP) is 5.12. The molecule has 7 nitrogen and oxygen atoms in total. The van der Waals surface area contributed by atoms with Gasteiger partial charge < -0.3 is 14.8 Å². The van der Waals surface area contributed by atoms with Gasteiger partial charge in [0.05, 0.1) is 29.8 Å². The predicted molar refractivity (Wildman–Crippen MR) is 135 cm³/mol. The number of aromatic nitrogens is 2. The lowest BCUT2D eigenvalue weighted by Gasteiger charge is -2.23. The van der Waals surface area contributed by atoms with Crippen LogP contribution in [0.5, 0.6) is 5.75 Å². The second-order valence-electron chi connectivity index (χ2n) is 8.80. The number of fused-ring (bicyclic) bond motifs is 1. The average molecular weight is 468 g/mol. The lowest BCUT2D eigenvalue weighted by atomic mass is 9.93. The van der Waals surface area contributed by atoms with Gasteiger partial charge in [0.1, 0.15) is 11.5 Å². The van der Waals surface area contributed by atoms with Gasteiger partial charge in [-0.1, -0.05) is 36.4 Å². The highest BCUT2D eigenvalue weighted by molar-refractivity contribution is 6.51. The van der Waals surface area contributed by atoms with Gasteiger partial charge in [0.15, 0.2) is 0 Å². The third-order valence-corrected chi connectivity index (χ3v) is 6.41. The molecule has 176 valence electrons. The summed E-state index contributed by atoms with van der Waals surface area (Å²) >= 11 is 0. The van der Waals surface area contributed by atoms with E-state index in [-0.39, 0.29) is 17.3 Å². The molecule has 1 aromatic heterocycles. The molecule has 1 aliphatic heterocycles. The van der Waals surface area contributed by atoms with Crippen LogP contribution in [0.3, 0.4) is 0 Å². The number of nitrogens with one attached hydrogen (secondary N) is 1. The summed E-state index contributed by atoms with van der Waals surface area (Å²) in [5.41, 5.74) is 5.19. The molecule has 0 spiro atoms. The maximum Gasteiger partial charge on any atom is 0.302 e. The summed E-state index contributed by atoms with van der Waals surface area (Å²) in [6.45, 7) is 5.65. The molecule has 1 saturated heterocycles. The maximum atomic E-state index is 13.4. The normalized spacial score (nSPS) is 17.4. The number of imidazole rings is 1. The number of aliphatic hydroxyl groups is 1. The van der Waals surface area contributed by atoms with Gasteiger partial charge in [0.25, 0.3) is 5.78 Å². The number of carbonyl (C=O) groups is 2. The molecule has 1 aliphatic rings. The van der Waals surface area contributed by atoms with E-state index in [1.807, 2.05) is 69.3 Å². The van der Waals surface area contributed by atoms with Crippen LogP contribution in [0.25, 0.3) is 16.8 Å². The summed E-state index contributed by atoms with van der Waals surface area (Å²) < 4.78 is 5.39. The monoisotopic (exact) mass is 467 g/mol. The molecule has 1 amide bonds. The van der Waals surface area contributed by atoms with Gasteiger partial charge in [-0.05, 0) is 67.3 Å². The SMILES string of the molecule is COc1cc(C)c(/C(O)=C2\C(=O)C(=O)N(c3nc4ccc(C)cc4[nH]3)C2c2ccccc2)cc1C. The van der Waals surface area contributed by atoms with Crippen molar-refractivity contribution in [3.63, 3.8) is 0 Å². The summed E-state index contributed by atoms with van der Waals surface area (Å²) in [5, 5.41) is 11.5. The fraction of sp³-hybridized carbons (Fsp3) is 0.179. The van der Waals surface area contributed by atoms with Crippen molar-refractivity contribution < 1.29 is 19.4 Å². The number of methoxy groups -OCH3 is 1. The fourth-order valence-electron chi connectivity index (χ4n) is 4.64. The molecule has 1 fully saturated rings.